The third-order valence-corrected chi connectivity index (χ3v) is 6.03. The van der Waals surface area contributed by atoms with Gasteiger partial charge in [0.05, 0.1) is 12.0 Å². The van der Waals surface area contributed by atoms with E-state index < -0.39 is 10.0 Å². The summed E-state index contributed by atoms with van der Waals surface area (Å²) in [5.41, 5.74) is 0. The van der Waals surface area contributed by atoms with Crippen LogP contribution in [0.15, 0.2) is 41.3 Å². The molecule has 9 nitrogen and oxygen atoms in total. The van der Waals surface area contributed by atoms with E-state index in [0.29, 0.717) is 38.5 Å². The first-order valence-corrected chi connectivity index (χ1v) is 9.99. The Kier molecular flexibility index (Phi) is 5.84. The maximum Gasteiger partial charge on any atom is 0.286 e. The monoisotopic (exact) mass is 379 g/mol. The zero-order valence-electron chi connectivity index (χ0n) is 14.2. The lowest BCUT2D eigenvalue weighted by Gasteiger charge is -2.33. The predicted molar refractivity (Wildman–Crippen MR) is 95.3 cm³/mol. The summed E-state index contributed by atoms with van der Waals surface area (Å²) in [6.45, 7) is 2.19. The van der Waals surface area contributed by atoms with Crippen LogP contribution in [0.3, 0.4) is 0 Å². The van der Waals surface area contributed by atoms with Gasteiger partial charge >= 0.3 is 0 Å². The van der Waals surface area contributed by atoms with Gasteiger partial charge in [-0.3, -0.25) is 4.79 Å². The second kappa shape index (κ2) is 8.28. The third kappa shape index (κ3) is 4.58. The number of anilines is 1. The molecule has 2 aromatic heterocycles. The predicted octanol–water partition coefficient (Wildman–Crippen LogP) is 0.342. The van der Waals surface area contributed by atoms with Crippen molar-refractivity contribution in [2.75, 3.05) is 43.4 Å². The number of amides is 1. The summed E-state index contributed by atoms with van der Waals surface area (Å²) in [6.07, 6.45) is 5.10. The van der Waals surface area contributed by atoms with E-state index in [0.717, 1.165) is 0 Å². The van der Waals surface area contributed by atoms with E-state index in [1.165, 1.54) is 10.6 Å². The van der Waals surface area contributed by atoms with Gasteiger partial charge < -0.3 is 14.6 Å². The molecule has 0 spiro atoms. The highest BCUT2D eigenvalue weighted by Gasteiger charge is 2.27. The Balaban J connectivity index is 1.42. The van der Waals surface area contributed by atoms with Crippen molar-refractivity contribution in [3.63, 3.8) is 0 Å². The summed E-state index contributed by atoms with van der Waals surface area (Å²) in [6, 6.07) is 4.93. The fourth-order valence-corrected chi connectivity index (χ4v) is 4.19. The molecule has 3 rings (SSSR count). The lowest BCUT2D eigenvalue weighted by atomic mass is 10.4. The fraction of sp³-hybridized carbons (Fsp3) is 0.438. The second-order valence-electron chi connectivity index (χ2n) is 5.84. The van der Waals surface area contributed by atoms with Crippen LogP contribution in [0, 0.1) is 0 Å². The number of piperazine rings is 1. The first kappa shape index (κ1) is 18.3. The quantitative estimate of drug-likeness (QED) is 0.691. The van der Waals surface area contributed by atoms with Gasteiger partial charge in [0.15, 0.2) is 5.76 Å². The van der Waals surface area contributed by atoms with Crippen LogP contribution in [0.25, 0.3) is 0 Å². The summed E-state index contributed by atoms with van der Waals surface area (Å²) in [4.78, 5) is 22.1. The largest absolute Gasteiger partial charge is 0.459 e. The molecule has 0 saturated carbocycles. The third-order valence-electron chi connectivity index (χ3n) is 4.08. The summed E-state index contributed by atoms with van der Waals surface area (Å²) in [7, 11) is -3.35. The average molecular weight is 379 g/mol. The van der Waals surface area contributed by atoms with E-state index in [-0.39, 0.29) is 24.0 Å². The van der Waals surface area contributed by atoms with Gasteiger partial charge in [0.1, 0.15) is 0 Å². The standard InChI is InChI=1S/C16H21N5O4S/c22-15(14-4-1-12-25-14)17-7-3-13-26(23,24)21-10-8-20(9-11-21)16-18-5-2-6-19-16/h1-2,4-6,12H,3,7-11,13H2,(H,17,22). The van der Waals surface area contributed by atoms with Crippen molar-refractivity contribution < 1.29 is 17.6 Å². The molecule has 0 unspecified atom stereocenters. The number of hydrogen-bond donors (Lipinski definition) is 1. The maximum absolute atomic E-state index is 12.4. The Morgan fingerprint density at radius 2 is 1.88 bits per heavy atom. The first-order valence-electron chi connectivity index (χ1n) is 8.38. The zero-order chi connectivity index (χ0) is 18.4. The Bertz CT molecular complexity index is 802. The summed E-state index contributed by atoms with van der Waals surface area (Å²) in [5, 5.41) is 2.65. The lowest BCUT2D eigenvalue weighted by molar-refractivity contribution is 0.0926. The lowest BCUT2D eigenvalue weighted by Crippen LogP contribution is -2.49. The minimum atomic E-state index is -3.35. The topological polar surface area (TPSA) is 109 Å². The summed E-state index contributed by atoms with van der Waals surface area (Å²) >= 11 is 0. The van der Waals surface area contributed by atoms with Crippen LogP contribution in [0.1, 0.15) is 17.0 Å². The molecule has 1 fully saturated rings. The normalized spacial score (nSPS) is 15.8. The van der Waals surface area contributed by atoms with Crippen LogP contribution in [0.2, 0.25) is 0 Å². The molecule has 10 heteroatoms. The minimum absolute atomic E-state index is 0.00667. The molecular weight excluding hydrogens is 358 g/mol. The smallest absolute Gasteiger partial charge is 0.286 e. The number of nitrogens with zero attached hydrogens (tertiary/aromatic N) is 4. The van der Waals surface area contributed by atoms with Gasteiger partial charge in [0, 0.05) is 45.1 Å². The van der Waals surface area contributed by atoms with E-state index >= 15 is 0 Å². The molecule has 26 heavy (non-hydrogen) atoms. The molecule has 1 saturated heterocycles. The number of carbonyl (C=O) groups is 1. The molecule has 1 aliphatic heterocycles. The van der Waals surface area contributed by atoms with E-state index in [1.54, 1.807) is 30.6 Å². The Morgan fingerprint density at radius 1 is 1.15 bits per heavy atom. The molecule has 140 valence electrons. The van der Waals surface area contributed by atoms with Crippen molar-refractivity contribution in [3.8, 4) is 0 Å². The van der Waals surface area contributed by atoms with Crippen LogP contribution in [0.4, 0.5) is 5.95 Å². The van der Waals surface area contributed by atoms with Gasteiger partial charge in [-0.2, -0.15) is 4.31 Å². The van der Waals surface area contributed by atoms with Crippen LogP contribution < -0.4 is 10.2 Å². The van der Waals surface area contributed by atoms with E-state index in [1.807, 2.05) is 4.90 Å². The number of aromatic nitrogens is 2. The van der Waals surface area contributed by atoms with Crippen molar-refractivity contribution in [2.24, 2.45) is 0 Å². The molecule has 0 atom stereocenters. The van der Waals surface area contributed by atoms with Gasteiger partial charge in [0.2, 0.25) is 16.0 Å². The number of nitrogens with one attached hydrogen (secondary N) is 1. The molecule has 2 aromatic rings. The van der Waals surface area contributed by atoms with Crippen LogP contribution >= 0.6 is 0 Å². The molecule has 1 amide bonds. The summed E-state index contributed by atoms with van der Waals surface area (Å²) in [5.74, 6) is 0.481. The molecule has 0 radical (unpaired) electrons. The van der Waals surface area contributed by atoms with E-state index in [9.17, 15) is 13.2 Å². The average Bonchev–Trinajstić information content (AvgIpc) is 3.21. The van der Waals surface area contributed by atoms with Crippen LogP contribution in [-0.2, 0) is 10.0 Å². The number of hydrogen-bond acceptors (Lipinski definition) is 7. The highest BCUT2D eigenvalue weighted by molar-refractivity contribution is 7.89. The van der Waals surface area contributed by atoms with E-state index in [4.69, 9.17) is 4.42 Å². The molecule has 0 aliphatic carbocycles. The van der Waals surface area contributed by atoms with Crippen LogP contribution in [-0.4, -0.2) is 67.1 Å². The van der Waals surface area contributed by atoms with Crippen molar-refractivity contribution in [1.29, 1.82) is 0 Å². The highest BCUT2D eigenvalue weighted by atomic mass is 32.2. The Hall–Kier alpha value is -2.46. The molecule has 0 bridgehead atoms. The molecule has 3 heterocycles. The zero-order valence-corrected chi connectivity index (χ0v) is 15.1. The molecule has 1 N–H and O–H groups in total. The van der Waals surface area contributed by atoms with Gasteiger partial charge in [0.25, 0.3) is 5.91 Å². The minimum Gasteiger partial charge on any atom is -0.459 e. The highest BCUT2D eigenvalue weighted by Crippen LogP contribution is 2.13. The first-order chi connectivity index (χ1) is 12.6. The van der Waals surface area contributed by atoms with Gasteiger partial charge in [-0.25, -0.2) is 18.4 Å². The van der Waals surface area contributed by atoms with Crippen LogP contribution in [0.5, 0.6) is 0 Å². The Morgan fingerprint density at radius 3 is 2.54 bits per heavy atom. The van der Waals surface area contributed by atoms with Crippen molar-refractivity contribution in [1.82, 2.24) is 19.6 Å². The molecular formula is C16H21N5O4S. The van der Waals surface area contributed by atoms with Crippen molar-refractivity contribution >= 4 is 21.9 Å². The van der Waals surface area contributed by atoms with Gasteiger partial charge in [-0.15, -0.1) is 0 Å². The van der Waals surface area contributed by atoms with Gasteiger partial charge in [-0.1, -0.05) is 0 Å². The van der Waals surface area contributed by atoms with Gasteiger partial charge in [-0.05, 0) is 24.6 Å². The number of rotatable bonds is 7. The summed E-state index contributed by atoms with van der Waals surface area (Å²) < 4.78 is 31.4. The number of furan rings is 1. The van der Waals surface area contributed by atoms with Crippen molar-refractivity contribution in [3.05, 3.63) is 42.6 Å². The van der Waals surface area contributed by atoms with E-state index in [2.05, 4.69) is 15.3 Å². The molecule has 0 aromatic carbocycles. The Labute approximate surface area is 152 Å². The molecule has 1 aliphatic rings. The maximum atomic E-state index is 12.4. The second-order valence-corrected chi connectivity index (χ2v) is 7.93. The van der Waals surface area contributed by atoms with Crippen molar-refractivity contribution in [2.45, 2.75) is 6.42 Å². The fourth-order valence-electron chi connectivity index (χ4n) is 2.70. The SMILES string of the molecule is O=C(NCCCS(=O)(=O)N1CCN(c2ncccn2)CC1)c1ccco1. The number of carbonyl (C=O) groups excluding carboxylic acids is 1. The number of sulfonamides is 1.